The maximum atomic E-state index is 12.7. The smallest absolute Gasteiger partial charge is 0.481 e. The summed E-state index contributed by atoms with van der Waals surface area (Å²) in [6, 6.07) is 0. The SMILES string of the molecule is CC(O)(CC(=O)O)CC(=O)SCCNC(=O)CCNC(=O)C(O)C(C)(C)COP(=O)(O)OP(=O)(O)OC[C@H]1OC(n2cnc3c(N)ncnc32)[C@H](O)[C@@H]1OP(=O)(O)O. The van der Waals surface area contributed by atoms with Gasteiger partial charge in [0, 0.05) is 37.1 Å². The van der Waals surface area contributed by atoms with E-state index in [0.29, 0.717) is 0 Å². The molecule has 0 saturated carbocycles. The van der Waals surface area contributed by atoms with Crippen molar-refractivity contribution >= 4 is 75.1 Å². The van der Waals surface area contributed by atoms with Crippen molar-refractivity contribution in [2.75, 3.05) is 37.8 Å². The Hall–Kier alpha value is -3.01. The fraction of sp³-hybridized carbons (Fsp3) is 0.667. The van der Waals surface area contributed by atoms with E-state index in [2.05, 4.69) is 34.4 Å². The van der Waals surface area contributed by atoms with Gasteiger partial charge in [-0.05, 0) is 6.92 Å². The molecule has 8 atom stereocenters. The van der Waals surface area contributed by atoms with Crippen molar-refractivity contribution in [1.29, 1.82) is 0 Å². The number of aliphatic hydroxyl groups is 3. The van der Waals surface area contributed by atoms with Crippen LogP contribution in [0.1, 0.15) is 46.3 Å². The number of carboxylic acids is 1. The lowest BCUT2D eigenvalue weighted by Gasteiger charge is -2.30. The number of nitrogens with two attached hydrogens (primary N) is 1. The molecule has 0 aliphatic carbocycles. The Morgan fingerprint density at radius 1 is 1.02 bits per heavy atom. The molecular formula is C27H44N7O20P3S. The number of nitrogens with one attached hydrogen (secondary N) is 2. The number of amides is 2. The number of nitrogens with zero attached hydrogens (tertiary/aromatic N) is 4. The number of aliphatic hydroxyl groups excluding tert-OH is 2. The van der Waals surface area contributed by atoms with Crippen LogP contribution < -0.4 is 16.4 Å². The summed E-state index contributed by atoms with van der Waals surface area (Å²) in [5.41, 5.74) is 2.44. The fourth-order valence-electron chi connectivity index (χ4n) is 5.05. The monoisotopic (exact) mass is 911 g/mol. The van der Waals surface area contributed by atoms with Crippen molar-refractivity contribution in [3.05, 3.63) is 12.7 Å². The number of ether oxygens (including phenoxy) is 1. The molecule has 1 aliphatic heterocycles. The van der Waals surface area contributed by atoms with Crippen LogP contribution >= 0.6 is 35.2 Å². The number of aromatic nitrogens is 4. The predicted octanol–water partition coefficient (Wildman–Crippen LogP) is -1.72. The summed E-state index contributed by atoms with van der Waals surface area (Å²) in [4.78, 5) is 98.2. The second-order valence-electron chi connectivity index (χ2n) is 13.5. The van der Waals surface area contributed by atoms with Gasteiger partial charge in [-0.1, -0.05) is 25.6 Å². The number of rotatable bonds is 23. The van der Waals surface area contributed by atoms with Gasteiger partial charge in [0.2, 0.25) is 11.8 Å². The van der Waals surface area contributed by atoms with E-state index in [1.165, 1.54) is 20.8 Å². The lowest BCUT2D eigenvalue weighted by Crippen LogP contribution is -2.46. The zero-order chi connectivity index (χ0) is 43.9. The number of phosphoric acid groups is 3. The van der Waals surface area contributed by atoms with E-state index in [1.54, 1.807) is 0 Å². The third-order valence-corrected chi connectivity index (χ3v) is 11.8. The molecule has 0 spiro atoms. The Bertz CT molecular complexity index is 1950. The molecule has 3 heterocycles. The van der Waals surface area contributed by atoms with Crippen LogP contribution in [-0.2, 0) is 55.5 Å². The summed E-state index contributed by atoms with van der Waals surface area (Å²) < 4.78 is 62.0. The molecule has 1 aliphatic rings. The molecule has 12 N–H and O–H groups in total. The number of hydrogen-bond acceptors (Lipinski definition) is 20. The standard InChI is InChI=1S/C27H44N7O20P3S/c1-26(2,21(40)24(41)30-5-4-15(35)29-6-7-58-17(38)9-27(3,42)8-16(36)37)11-51-57(48,49)54-56(46,47)50-10-14-20(53-55(43,44)45)19(39)25(52-14)34-13-33-18-22(28)31-12-32-23(18)34/h12-14,19-21,25,39-40,42H,4-11H2,1-3H3,(H,29,35)(H,30,41)(H,36,37)(H,46,47)(H,48,49)(H2,28,31,32)(H2,43,44,45)/t14-,19-,20-,21?,25?,27?/m1/s1. The molecule has 2 aromatic rings. The maximum absolute atomic E-state index is 12.7. The van der Waals surface area contributed by atoms with E-state index >= 15 is 0 Å². The highest BCUT2D eigenvalue weighted by atomic mass is 32.2. The fourth-order valence-corrected chi connectivity index (χ4v) is 8.72. The minimum atomic E-state index is -5.60. The first-order chi connectivity index (χ1) is 26.6. The maximum Gasteiger partial charge on any atom is 0.481 e. The van der Waals surface area contributed by atoms with Gasteiger partial charge in [-0.25, -0.2) is 28.6 Å². The zero-order valence-corrected chi connectivity index (χ0v) is 34.3. The van der Waals surface area contributed by atoms with Crippen LogP contribution in [0.2, 0.25) is 0 Å². The van der Waals surface area contributed by atoms with Gasteiger partial charge in [0.25, 0.3) is 0 Å². The van der Waals surface area contributed by atoms with Crippen molar-refractivity contribution in [3.8, 4) is 0 Å². The molecule has 0 radical (unpaired) electrons. The minimum Gasteiger partial charge on any atom is -0.481 e. The highest BCUT2D eigenvalue weighted by Gasteiger charge is 2.50. The Kier molecular flexibility index (Phi) is 17.0. The normalized spacial score (nSPS) is 22.4. The number of hydrogen-bond donors (Lipinski definition) is 11. The number of carbonyl (C=O) groups is 4. The lowest BCUT2D eigenvalue weighted by molar-refractivity contribution is -0.142. The van der Waals surface area contributed by atoms with E-state index in [-0.39, 0.29) is 42.2 Å². The van der Waals surface area contributed by atoms with Crippen molar-refractivity contribution < 1.29 is 95.5 Å². The first-order valence-electron chi connectivity index (χ1n) is 16.6. The number of carbonyl (C=O) groups excluding carboxylic acids is 3. The molecule has 58 heavy (non-hydrogen) atoms. The van der Waals surface area contributed by atoms with E-state index in [0.717, 1.165) is 29.0 Å². The third kappa shape index (κ3) is 15.2. The average Bonchev–Trinajstić information content (AvgIpc) is 3.63. The summed E-state index contributed by atoms with van der Waals surface area (Å²) in [6.07, 6.45) is -8.22. The number of fused-ring (bicyclic) bond motifs is 1. The highest BCUT2D eigenvalue weighted by molar-refractivity contribution is 8.13. The average molecular weight is 912 g/mol. The van der Waals surface area contributed by atoms with E-state index in [9.17, 15) is 67.8 Å². The number of imidazole rings is 1. The van der Waals surface area contributed by atoms with E-state index in [4.69, 9.17) is 24.6 Å². The topological polar surface area (TPSA) is 421 Å². The summed E-state index contributed by atoms with van der Waals surface area (Å²) in [6.45, 7) is 1.29. The molecule has 3 rings (SSSR count). The predicted molar refractivity (Wildman–Crippen MR) is 195 cm³/mol. The number of nitrogen functional groups attached to an aromatic ring is 1. The molecule has 27 nitrogen and oxygen atoms in total. The Morgan fingerprint density at radius 3 is 2.31 bits per heavy atom. The van der Waals surface area contributed by atoms with Crippen molar-refractivity contribution in [3.63, 3.8) is 0 Å². The second kappa shape index (κ2) is 20.0. The quantitative estimate of drug-likeness (QED) is 0.0436. The zero-order valence-electron chi connectivity index (χ0n) is 30.8. The molecule has 2 aromatic heterocycles. The summed E-state index contributed by atoms with van der Waals surface area (Å²) in [5, 5.41) is 44.4. The highest BCUT2D eigenvalue weighted by Crippen LogP contribution is 2.61. The molecule has 5 unspecified atom stereocenters. The van der Waals surface area contributed by atoms with Crippen LogP contribution in [0.15, 0.2) is 12.7 Å². The van der Waals surface area contributed by atoms with Crippen LogP contribution in [0.3, 0.4) is 0 Å². The van der Waals surface area contributed by atoms with E-state index < -0.39 is 114 Å². The summed E-state index contributed by atoms with van der Waals surface area (Å²) in [5.74, 6) is -2.81. The minimum absolute atomic E-state index is 0.0147. The third-order valence-electron chi connectivity index (χ3n) is 7.82. The molecule has 31 heteroatoms. The van der Waals surface area contributed by atoms with Crippen LogP contribution in [0.25, 0.3) is 11.2 Å². The molecule has 1 saturated heterocycles. The van der Waals surface area contributed by atoms with E-state index in [1.807, 2.05) is 0 Å². The van der Waals surface area contributed by atoms with Gasteiger partial charge in [-0.3, -0.25) is 37.3 Å². The summed E-state index contributed by atoms with van der Waals surface area (Å²) in [7, 11) is -16.5. The Balaban J connectivity index is 1.47. The van der Waals surface area contributed by atoms with Gasteiger partial charge in [-0.15, -0.1) is 0 Å². The Morgan fingerprint density at radius 2 is 1.67 bits per heavy atom. The van der Waals surface area contributed by atoms with Crippen molar-refractivity contribution in [2.24, 2.45) is 5.41 Å². The molecule has 2 amide bonds. The molecule has 328 valence electrons. The number of anilines is 1. The molecule has 0 bridgehead atoms. The number of aliphatic carboxylic acids is 1. The lowest BCUT2D eigenvalue weighted by atomic mass is 9.87. The van der Waals surface area contributed by atoms with Crippen LogP contribution in [0, 0.1) is 5.41 Å². The molecular weight excluding hydrogens is 867 g/mol. The first-order valence-corrected chi connectivity index (χ1v) is 22.1. The van der Waals surface area contributed by atoms with Crippen LogP contribution in [0.4, 0.5) is 5.82 Å². The first kappa shape index (κ1) is 49.4. The largest absolute Gasteiger partial charge is 0.481 e. The number of phosphoric ester groups is 3. The second-order valence-corrected chi connectivity index (χ2v) is 18.9. The molecule has 1 fully saturated rings. The van der Waals surface area contributed by atoms with Gasteiger partial charge in [0.15, 0.2) is 22.8 Å². The van der Waals surface area contributed by atoms with Crippen LogP contribution in [0.5, 0.6) is 0 Å². The van der Waals surface area contributed by atoms with Gasteiger partial charge in [0.05, 0.1) is 31.6 Å². The molecule has 0 aromatic carbocycles. The number of carboxylic acid groups (broad SMARTS) is 1. The van der Waals surface area contributed by atoms with Gasteiger partial charge in [0.1, 0.15) is 36.3 Å². The van der Waals surface area contributed by atoms with Crippen LogP contribution in [-0.4, -0.2) is 144 Å². The van der Waals surface area contributed by atoms with Gasteiger partial charge >= 0.3 is 29.4 Å². The van der Waals surface area contributed by atoms with Gasteiger partial charge in [-0.2, -0.15) is 4.31 Å². The van der Waals surface area contributed by atoms with Gasteiger partial charge < -0.3 is 61.1 Å². The number of thioether (sulfide) groups is 1. The summed E-state index contributed by atoms with van der Waals surface area (Å²) >= 11 is 0.771. The Labute approximate surface area is 332 Å². The van der Waals surface area contributed by atoms with Crippen molar-refractivity contribution in [1.82, 2.24) is 30.2 Å². The van der Waals surface area contributed by atoms with Crippen molar-refractivity contribution in [2.45, 2.75) is 76.3 Å².